The number of rotatable bonds is 8. The van der Waals surface area contributed by atoms with Crippen LogP contribution in [0.3, 0.4) is 0 Å². The highest BCUT2D eigenvalue weighted by Gasteiger charge is 2.59. The molecule has 0 unspecified atom stereocenters. The van der Waals surface area contributed by atoms with Gasteiger partial charge in [-0.15, -0.1) is 0 Å². The van der Waals surface area contributed by atoms with Gasteiger partial charge >= 0.3 is 17.9 Å². The first-order valence-corrected chi connectivity index (χ1v) is 17.6. The van der Waals surface area contributed by atoms with E-state index in [9.17, 15) is 34.8 Å². The molecule has 50 heavy (non-hydrogen) atoms. The zero-order valence-electron chi connectivity index (χ0n) is 31.5. The lowest BCUT2D eigenvalue weighted by Crippen LogP contribution is -2.64. The Morgan fingerprint density at radius 1 is 1.00 bits per heavy atom. The maximum atomic E-state index is 13.5. The molecular formula is C39H60O11. The van der Waals surface area contributed by atoms with Crippen molar-refractivity contribution in [2.45, 2.75) is 125 Å². The molecule has 5 N–H and O–H groups in total. The van der Waals surface area contributed by atoms with Gasteiger partial charge in [-0.2, -0.15) is 0 Å². The van der Waals surface area contributed by atoms with Crippen LogP contribution < -0.4 is 0 Å². The van der Waals surface area contributed by atoms with Gasteiger partial charge in [-0.1, -0.05) is 90.8 Å². The Hall–Kier alpha value is -3.09. The van der Waals surface area contributed by atoms with Crippen molar-refractivity contribution in [1.82, 2.24) is 0 Å². The van der Waals surface area contributed by atoms with Crippen LogP contribution in [-0.2, 0) is 28.6 Å². The van der Waals surface area contributed by atoms with Gasteiger partial charge in [-0.3, -0.25) is 0 Å². The number of hydrogen-bond acceptors (Lipinski definition) is 10. The molecule has 12 atom stereocenters. The van der Waals surface area contributed by atoms with Gasteiger partial charge in [0.15, 0.2) is 5.79 Å². The number of hydrogen-bond donors (Lipinski definition) is 5. The number of cyclic esters (lactones) is 1. The van der Waals surface area contributed by atoms with Crippen LogP contribution in [0.5, 0.6) is 0 Å². The number of aliphatic hydroxyl groups is 4. The maximum absolute atomic E-state index is 13.5. The van der Waals surface area contributed by atoms with E-state index in [0.717, 1.165) is 11.1 Å². The summed E-state index contributed by atoms with van der Waals surface area (Å²) in [5, 5.41) is 55.3. The number of allylic oxidation sites excluding steroid dienone is 5. The van der Waals surface area contributed by atoms with Gasteiger partial charge in [0, 0.05) is 47.3 Å². The summed E-state index contributed by atoms with van der Waals surface area (Å²) >= 11 is 0. The second-order valence-electron chi connectivity index (χ2n) is 15.1. The fourth-order valence-electron chi connectivity index (χ4n) is 7.13. The highest BCUT2D eigenvalue weighted by molar-refractivity contribution is 5.91. The topological polar surface area (TPSA) is 180 Å². The van der Waals surface area contributed by atoms with Crippen LogP contribution >= 0.6 is 0 Å². The molecule has 282 valence electrons. The number of aliphatic carboxylic acids is 1. The third-order valence-corrected chi connectivity index (χ3v) is 10.2. The Kier molecular flexibility index (Phi) is 15.4. The first-order valence-electron chi connectivity index (χ1n) is 17.6. The molecule has 2 aliphatic rings. The monoisotopic (exact) mass is 704 g/mol. The quantitative estimate of drug-likeness (QED) is 0.127. The summed E-state index contributed by atoms with van der Waals surface area (Å²) in [6.07, 6.45) is 7.00. The second kappa shape index (κ2) is 17.9. The van der Waals surface area contributed by atoms with E-state index in [1.807, 2.05) is 72.8 Å². The fraction of sp³-hybridized carbons (Fsp3) is 0.667. The molecule has 0 spiro atoms. The van der Waals surface area contributed by atoms with Crippen LogP contribution in [0.1, 0.15) is 89.0 Å². The Bertz CT molecular complexity index is 1360. The minimum atomic E-state index is -2.27. The number of carboxylic acids is 1. The van der Waals surface area contributed by atoms with Crippen molar-refractivity contribution in [3.63, 3.8) is 0 Å². The predicted molar refractivity (Wildman–Crippen MR) is 189 cm³/mol. The van der Waals surface area contributed by atoms with Gasteiger partial charge in [0.1, 0.15) is 6.10 Å². The molecule has 0 radical (unpaired) electrons. The lowest BCUT2D eigenvalue weighted by molar-refractivity contribution is -0.384. The van der Waals surface area contributed by atoms with Crippen LogP contribution in [0.25, 0.3) is 0 Å². The molecule has 0 bridgehead atoms. The van der Waals surface area contributed by atoms with E-state index in [2.05, 4.69) is 0 Å². The Morgan fingerprint density at radius 3 is 2.20 bits per heavy atom. The molecule has 1 saturated heterocycles. The number of carboxylic acid groups (broad SMARTS) is 1. The van der Waals surface area contributed by atoms with E-state index in [4.69, 9.17) is 19.3 Å². The van der Waals surface area contributed by atoms with Gasteiger partial charge in [0.25, 0.3) is 0 Å². The summed E-state index contributed by atoms with van der Waals surface area (Å²) in [7, 11) is 0. The van der Waals surface area contributed by atoms with Gasteiger partial charge in [-0.25, -0.2) is 14.4 Å². The lowest BCUT2D eigenvalue weighted by Gasteiger charge is -2.53. The zero-order chi connectivity index (χ0) is 38.3. The molecule has 11 nitrogen and oxygen atoms in total. The zero-order valence-corrected chi connectivity index (χ0v) is 31.5. The van der Waals surface area contributed by atoms with Crippen molar-refractivity contribution < 1.29 is 54.1 Å². The van der Waals surface area contributed by atoms with Crippen molar-refractivity contribution in [3.8, 4) is 0 Å². The largest absolute Gasteiger partial charge is 0.478 e. The normalized spacial score (nSPS) is 39.2. The number of esters is 2. The van der Waals surface area contributed by atoms with Gasteiger partial charge < -0.3 is 39.7 Å². The summed E-state index contributed by atoms with van der Waals surface area (Å²) in [5.41, 5.74) is 2.18. The molecule has 2 rings (SSSR count). The average molecular weight is 705 g/mol. The number of ether oxygens (including phenoxy) is 3. The van der Waals surface area contributed by atoms with Crippen molar-refractivity contribution in [1.29, 1.82) is 0 Å². The third kappa shape index (κ3) is 11.2. The van der Waals surface area contributed by atoms with Crippen LogP contribution in [0, 0.1) is 41.4 Å². The van der Waals surface area contributed by atoms with Crippen molar-refractivity contribution in [2.24, 2.45) is 41.4 Å². The second-order valence-corrected chi connectivity index (χ2v) is 15.1. The van der Waals surface area contributed by atoms with Crippen molar-refractivity contribution in [2.75, 3.05) is 0 Å². The van der Waals surface area contributed by atoms with E-state index in [1.165, 1.54) is 0 Å². The highest BCUT2D eigenvalue weighted by Crippen LogP contribution is 2.46. The Morgan fingerprint density at radius 2 is 1.62 bits per heavy atom. The molecule has 0 aromatic carbocycles. The summed E-state index contributed by atoms with van der Waals surface area (Å²) in [6, 6.07) is 0. The fourth-order valence-corrected chi connectivity index (χ4v) is 7.13. The molecule has 0 saturated carbocycles. The van der Waals surface area contributed by atoms with E-state index < -0.39 is 84.0 Å². The van der Waals surface area contributed by atoms with E-state index in [1.54, 1.807) is 33.8 Å². The Labute approximate surface area is 297 Å². The first-order chi connectivity index (χ1) is 23.0. The van der Waals surface area contributed by atoms with Gasteiger partial charge in [0.05, 0.1) is 24.7 Å². The Balaban J connectivity index is 2.51. The average Bonchev–Trinajstić information content (AvgIpc) is 3.01. The molecule has 0 amide bonds. The van der Waals surface area contributed by atoms with Crippen LogP contribution in [0.15, 0.2) is 59.3 Å². The molecule has 1 fully saturated rings. The van der Waals surface area contributed by atoms with E-state index in [-0.39, 0.29) is 17.8 Å². The van der Waals surface area contributed by atoms with E-state index in [0.29, 0.717) is 24.1 Å². The lowest BCUT2D eigenvalue weighted by atomic mass is 9.74. The van der Waals surface area contributed by atoms with Gasteiger partial charge in [0.2, 0.25) is 5.79 Å². The predicted octanol–water partition coefficient (Wildman–Crippen LogP) is 5.24. The number of carbonyl (C=O) groups is 3. The van der Waals surface area contributed by atoms with Crippen LogP contribution in [0.2, 0.25) is 0 Å². The maximum Gasteiger partial charge on any atom is 0.334 e. The first kappa shape index (κ1) is 43.1. The number of carbonyl (C=O) groups excluding carboxylic acids is 2. The minimum Gasteiger partial charge on any atom is -0.478 e. The van der Waals surface area contributed by atoms with Crippen molar-refractivity contribution in [3.05, 3.63) is 59.3 Å². The molecule has 0 aliphatic carbocycles. The number of aliphatic hydroxyl groups excluding tert-OH is 2. The smallest absolute Gasteiger partial charge is 0.334 e. The summed E-state index contributed by atoms with van der Waals surface area (Å²) in [5.74, 6) is -11.1. The third-order valence-electron chi connectivity index (χ3n) is 10.2. The molecular weight excluding hydrogens is 644 g/mol. The molecule has 0 aromatic heterocycles. The highest BCUT2D eigenvalue weighted by atomic mass is 16.7. The summed E-state index contributed by atoms with van der Waals surface area (Å²) < 4.78 is 17.6. The molecule has 11 heteroatoms. The molecule has 0 aromatic rings. The molecule has 2 aliphatic heterocycles. The van der Waals surface area contributed by atoms with Crippen LogP contribution in [0.4, 0.5) is 0 Å². The standard InChI is InChI=1S/C39H60O11/c1-21(2)35-30(11)39(47,49-32(42)16-15-31(40)41)20-38(46,50-35)29(10)34(44)28(9)36-24(5)14-12-13-22(3)17-25(6)33(43)26(7)18-23(4)19-27(8)37(45)48-36/h12-16,18-19,21,24-26,28-30,33-36,43-44,46-47H,17,20H2,1-11H3,(H,40,41)/b14-12+,16-15+,22-13+,23-18+,27-19+/t24-,25+,26-,28-,29+,30-,33+,34-,35-,36-,38-,39-/m1/s1. The molecule has 2 heterocycles. The van der Waals surface area contributed by atoms with Crippen LogP contribution in [-0.4, -0.2) is 79.4 Å². The minimum absolute atomic E-state index is 0.00282. The van der Waals surface area contributed by atoms with Gasteiger partial charge in [-0.05, 0) is 45.1 Å². The summed E-state index contributed by atoms with van der Waals surface area (Å²) in [6.45, 7) is 19.7. The summed E-state index contributed by atoms with van der Waals surface area (Å²) in [4.78, 5) is 36.9. The van der Waals surface area contributed by atoms with Crippen molar-refractivity contribution >= 4 is 17.9 Å². The SMILES string of the molecule is CC1=C\[C@@H](C)[C@@H](O)[C@@H](C)C/C(C)=C/C=C/[C@@H](C)[C@H]([C@H](C)[C@@H](O)[C@H](C)[C@@]2(O)C[C@@](O)(OC(=O)/C=C/C(=O)O)[C@H](C)[C@@H](C(C)C)O2)OC(=O)\C(C)=C\1. The van der Waals surface area contributed by atoms with E-state index >= 15 is 0 Å².